The van der Waals surface area contributed by atoms with Crippen molar-refractivity contribution in [3.8, 4) is 5.75 Å². The van der Waals surface area contributed by atoms with Crippen molar-refractivity contribution in [3.63, 3.8) is 0 Å². The van der Waals surface area contributed by atoms with E-state index >= 15 is 0 Å². The molecule has 2 aromatic rings. The number of nitrogens with zero attached hydrogens (tertiary/aromatic N) is 2. The molecular weight excluding hydrogens is 666 g/mol. The van der Waals surface area contributed by atoms with Gasteiger partial charge in [0.05, 0.1) is 23.4 Å². The van der Waals surface area contributed by atoms with Gasteiger partial charge in [0.1, 0.15) is 34.7 Å². The van der Waals surface area contributed by atoms with E-state index in [0.29, 0.717) is 55.5 Å². The Morgan fingerprint density at radius 3 is 2.64 bits per heavy atom. The molecule has 0 radical (unpaired) electrons. The fraction of sp³-hybridized carbons (Fsp3) is 0.571. The number of benzene rings is 1. The number of amides is 4. The van der Waals surface area contributed by atoms with E-state index in [1.54, 1.807) is 6.92 Å². The van der Waals surface area contributed by atoms with Gasteiger partial charge in [-0.25, -0.2) is 18.2 Å². The van der Waals surface area contributed by atoms with Crippen LogP contribution in [0, 0.1) is 5.92 Å². The van der Waals surface area contributed by atoms with E-state index in [1.165, 1.54) is 4.90 Å². The number of pyridine rings is 1. The van der Waals surface area contributed by atoms with Crippen LogP contribution in [-0.4, -0.2) is 86.8 Å². The van der Waals surface area contributed by atoms with Gasteiger partial charge in [-0.15, -0.1) is 0 Å². The van der Waals surface area contributed by atoms with Gasteiger partial charge in [0.2, 0.25) is 21.8 Å². The molecule has 15 heteroatoms. The zero-order valence-corrected chi connectivity index (χ0v) is 28.8. The summed E-state index contributed by atoms with van der Waals surface area (Å²) in [5, 5.41) is 26.0. The van der Waals surface area contributed by atoms with Crippen LogP contribution in [0.3, 0.4) is 0 Å². The lowest BCUT2D eigenvalue weighted by Crippen LogP contribution is -2.58. The van der Waals surface area contributed by atoms with Gasteiger partial charge >= 0.3 is 6.09 Å². The van der Waals surface area contributed by atoms with E-state index in [9.17, 15) is 37.8 Å². The van der Waals surface area contributed by atoms with E-state index in [1.807, 2.05) is 36.4 Å². The van der Waals surface area contributed by atoms with Gasteiger partial charge in [-0.2, -0.15) is 0 Å². The van der Waals surface area contributed by atoms with Crippen molar-refractivity contribution in [2.24, 2.45) is 5.92 Å². The molecule has 0 bridgehead atoms. The number of rotatable bonds is 5. The predicted molar refractivity (Wildman–Crippen MR) is 180 cm³/mol. The van der Waals surface area contributed by atoms with Crippen LogP contribution in [0.15, 0.2) is 36.4 Å². The minimum atomic E-state index is -4.00. The van der Waals surface area contributed by atoms with Gasteiger partial charge in [0.15, 0.2) is 0 Å². The number of aliphatic hydroxyl groups excluding tert-OH is 1. The Hall–Kier alpha value is -4.24. The number of fused-ring (bicyclic) bond motifs is 5. The third-order valence-corrected chi connectivity index (χ3v) is 13.4. The Labute approximate surface area is 290 Å². The topological polar surface area (TPSA) is 204 Å². The van der Waals surface area contributed by atoms with Crippen molar-refractivity contribution in [2.45, 2.75) is 112 Å². The number of aromatic nitrogens is 1. The minimum absolute atomic E-state index is 0.0239. The molecule has 3 aliphatic heterocycles. The second-order valence-electron chi connectivity index (χ2n) is 14.7. The molecule has 5 N–H and O–H groups in total. The molecule has 2 aliphatic carbocycles. The van der Waals surface area contributed by atoms with E-state index in [0.717, 1.165) is 23.8 Å². The van der Waals surface area contributed by atoms with Crippen LogP contribution in [-0.2, 0) is 37.4 Å². The number of allylic oxidation sites excluding steroid dienone is 1. The summed E-state index contributed by atoms with van der Waals surface area (Å²) in [6.45, 7) is 1.13. The molecule has 2 saturated carbocycles. The highest BCUT2D eigenvalue weighted by atomic mass is 32.2. The molecule has 4 amide bonds. The van der Waals surface area contributed by atoms with Crippen molar-refractivity contribution in [1.29, 1.82) is 0 Å². The minimum Gasteiger partial charge on any atom is -0.483 e. The van der Waals surface area contributed by atoms with Gasteiger partial charge < -0.3 is 30.5 Å². The fourth-order valence-corrected chi connectivity index (χ4v) is 9.12. The highest BCUT2D eigenvalue weighted by molar-refractivity contribution is 7.91. The third kappa shape index (κ3) is 6.08. The van der Waals surface area contributed by atoms with Gasteiger partial charge in [0, 0.05) is 23.3 Å². The second-order valence-corrected chi connectivity index (χ2v) is 16.9. The standard InChI is InChI=1S/C35H43N5O9S/c1-33(15-16-33)50(47,48)39-31(44)35-17-21(35)9-5-3-2-4-6-12-25(37-32(45)46)30(43)40-20-34(18-27(40)29(42)38-35)14-13-23-22-10-7-8-11-24(22)36-26(19-41)28(23)49-34/h5,7-11,21,25,27,37,41H,2-4,6,12-20H2,1H3,(H,38,42)(H,39,44)(H,45,46)/b9-5-/t21-,25+,27+,34-,35-/m1/s1. The number of aliphatic hydroxyl groups is 1. The number of sulfonamides is 1. The monoisotopic (exact) mass is 709 g/mol. The van der Waals surface area contributed by atoms with E-state index in [4.69, 9.17) is 4.74 Å². The molecule has 1 spiro atoms. The largest absolute Gasteiger partial charge is 0.483 e. The second kappa shape index (κ2) is 12.5. The molecule has 1 aromatic heterocycles. The first kappa shape index (κ1) is 34.2. The normalized spacial score (nSPS) is 31.2. The van der Waals surface area contributed by atoms with Crippen LogP contribution < -0.4 is 20.1 Å². The number of hydrogen-bond donors (Lipinski definition) is 5. The number of nitrogens with one attached hydrogen (secondary N) is 3. The zero-order chi connectivity index (χ0) is 35.5. The fourth-order valence-electron chi connectivity index (χ4n) is 7.80. The molecule has 14 nitrogen and oxygen atoms in total. The highest BCUT2D eigenvalue weighted by Crippen LogP contribution is 2.49. The summed E-state index contributed by atoms with van der Waals surface area (Å²) in [4.78, 5) is 60.2. The van der Waals surface area contributed by atoms with Crippen molar-refractivity contribution in [3.05, 3.63) is 47.7 Å². The Balaban J connectivity index is 1.24. The molecule has 268 valence electrons. The average molecular weight is 710 g/mol. The van der Waals surface area contributed by atoms with Crippen LogP contribution >= 0.6 is 0 Å². The maximum atomic E-state index is 14.4. The number of ether oxygens (including phenoxy) is 1. The van der Waals surface area contributed by atoms with Crippen molar-refractivity contribution < 1.29 is 42.5 Å². The Morgan fingerprint density at radius 2 is 1.90 bits per heavy atom. The Kier molecular flexibility index (Phi) is 8.56. The summed E-state index contributed by atoms with van der Waals surface area (Å²) < 4.78 is 34.1. The third-order valence-electron chi connectivity index (χ3n) is 11.2. The first-order valence-corrected chi connectivity index (χ1v) is 18.8. The lowest BCUT2D eigenvalue weighted by atomic mass is 9.87. The van der Waals surface area contributed by atoms with Crippen molar-refractivity contribution >= 4 is 44.7 Å². The molecule has 4 heterocycles. The summed E-state index contributed by atoms with van der Waals surface area (Å²) in [5.41, 5.74) is -0.718. The van der Waals surface area contributed by atoms with Gasteiger partial charge in [-0.3, -0.25) is 19.1 Å². The lowest BCUT2D eigenvalue weighted by molar-refractivity contribution is -0.141. The zero-order valence-electron chi connectivity index (χ0n) is 27.9. The Morgan fingerprint density at radius 1 is 1.12 bits per heavy atom. The quantitative estimate of drug-likeness (QED) is 0.287. The summed E-state index contributed by atoms with van der Waals surface area (Å²) in [7, 11) is -4.00. The number of hydrogen-bond acceptors (Lipinski definition) is 9. The lowest BCUT2D eigenvalue weighted by Gasteiger charge is -2.37. The van der Waals surface area contributed by atoms with E-state index in [-0.39, 0.29) is 25.8 Å². The number of para-hydroxylation sites is 1. The molecule has 1 aromatic carbocycles. The van der Waals surface area contributed by atoms with E-state index < -0.39 is 74.3 Å². The first-order valence-electron chi connectivity index (χ1n) is 17.4. The Bertz CT molecular complexity index is 1900. The van der Waals surface area contributed by atoms with E-state index in [2.05, 4.69) is 20.3 Å². The van der Waals surface area contributed by atoms with Crippen molar-refractivity contribution in [1.82, 2.24) is 25.2 Å². The maximum absolute atomic E-state index is 14.4. The molecule has 3 fully saturated rings. The molecule has 5 aliphatic rings. The number of carbonyl (C=O) groups excluding carboxylic acids is 3. The number of carbonyl (C=O) groups is 4. The first-order chi connectivity index (χ1) is 23.8. The van der Waals surface area contributed by atoms with Crippen LogP contribution in [0.25, 0.3) is 10.9 Å². The van der Waals surface area contributed by atoms with Crippen LogP contribution in [0.4, 0.5) is 4.79 Å². The van der Waals surface area contributed by atoms with Crippen LogP contribution in [0.2, 0.25) is 0 Å². The highest BCUT2D eigenvalue weighted by Gasteiger charge is 2.64. The smallest absolute Gasteiger partial charge is 0.405 e. The van der Waals surface area contributed by atoms with Gasteiger partial charge in [0.25, 0.3) is 5.91 Å². The van der Waals surface area contributed by atoms with Crippen molar-refractivity contribution in [2.75, 3.05) is 6.54 Å². The number of aryl methyl sites for hydroxylation is 1. The molecule has 1 saturated heterocycles. The van der Waals surface area contributed by atoms with Crippen LogP contribution in [0.1, 0.15) is 82.4 Å². The molecule has 0 unspecified atom stereocenters. The summed E-state index contributed by atoms with van der Waals surface area (Å²) in [6, 6.07) is 5.25. The number of carboxylic acid groups (broad SMARTS) is 1. The van der Waals surface area contributed by atoms with Crippen LogP contribution in [0.5, 0.6) is 5.75 Å². The summed E-state index contributed by atoms with van der Waals surface area (Å²) in [6.07, 6.45) is 7.32. The molecule has 50 heavy (non-hydrogen) atoms. The maximum Gasteiger partial charge on any atom is 0.405 e. The predicted octanol–water partition coefficient (Wildman–Crippen LogP) is 2.42. The SMILES string of the molecule is CC1(S(=O)(=O)NC(=O)[C@@]23C[C@H]2/C=C\CCCCC[C@H](NC(=O)O)C(=O)N2C[C@@]4(CCc5c(c(CO)nc6ccccc56)O4)C[C@H]2C(=O)N3)CC1. The molecule has 5 atom stereocenters. The summed E-state index contributed by atoms with van der Waals surface area (Å²) >= 11 is 0. The summed E-state index contributed by atoms with van der Waals surface area (Å²) in [5.74, 6) is -2.11. The molecule has 7 rings (SSSR count). The van der Waals surface area contributed by atoms with Gasteiger partial charge in [-0.1, -0.05) is 43.2 Å². The van der Waals surface area contributed by atoms with Gasteiger partial charge in [-0.05, 0) is 64.4 Å². The molecular formula is C35H43N5O9S. The average Bonchev–Trinajstić information content (AvgIpc) is 3.97.